The zero-order chi connectivity index (χ0) is 53.6. The number of para-hydroxylation sites is 4. The molecule has 0 atom stereocenters. The van der Waals surface area contributed by atoms with E-state index in [1.54, 1.807) is 12.3 Å². The van der Waals surface area contributed by atoms with Gasteiger partial charge in [0, 0.05) is 47.0 Å². The van der Waals surface area contributed by atoms with E-state index in [1.165, 1.54) is 33.4 Å². The van der Waals surface area contributed by atoms with Crippen LogP contribution < -0.4 is 9.30 Å². The van der Waals surface area contributed by atoms with Crippen LogP contribution in [-0.4, -0.2) is 14.1 Å². The summed E-state index contributed by atoms with van der Waals surface area (Å²) >= 11 is 0. The maximum Gasteiger partial charge on any atom is 0.268 e. The second-order valence-corrected chi connectivity index (χ2v) is 23.1. The van der Waals surface area contributed by atoms with Crippen molar-refractivity contribution in [1.82, 2.24) is 14.1 Å². The second kappa shape index (κ2) is 22.3. The molecule has 0 aliphatic rings. The fraction of sp³-hybridized carbons (Fsp3) is 0.304. The summed E-state index contributed by atoms with van der Waals surface area (Å²) in [6.07, 6.45) is 8.05. The fourth-order valence-corrected chi connectivity index (χ4v) is 10.8. The van der Waals surface area contributed by atoms with Crippen molar-refractivity contribution in [1.29, 1.82) is 0 Å². The van der Waals surface area contributed by atoms with Crippen LogP contribution in [0.15, 0.2) is 152 Å². The van der Waals surface area contributed by atoms with Crippen LogP contribution >= 0.6 is 0 Å². The molecule has 10 rings (SSSR count). The summed E-state index contributed by atoms with van der Waals surface area (Å²) in [6.45, 7) is 24.3. The second-order valence-electron chi connectivity index (χ2n) is 23.1. The normalized spacial score (nSPS) is 12.6. The summed E-state index contributed by atoms with van der Waals surface area (Å²) in [7, 11) is 0. The first-order valence-electron chi connectivity index (χ1n) is 27.8. The smallest absolute Gasteiger partial charge is 0.268 e. The topological polar surface area (TPSA) is 35.9 Å². The number of ether oxygens (including phenoxy) is 1. The largest absolute Gasteiger partial charge is 0.510 e. The number of rotatable bonds is 16. The molecule has 0 bridgehead atoms. The van der Waals surface area contributed by atoms with E-state index in [4.69, 9.17) is 12.5 Å². The zero-order valence-corrected chi connectivity index (χ0v) is 47.9. The SMILES string of the molecule is [2H]C([2H])(c1ccnc(-n2c3[c-]c(Oc4[c-]c(-n5[c-][n+](-c6c(-c7cc(CC(C)C)cc(CC(C)C)c7)cccc6-c6cc(CC(C)C)cc(CC(C)C)c6)c6ccccc65)ccc4)ccc3c3ccccc32)c1)C(C)(C)C.[Pt]. The molecule has 7 aromatic carbocycles. The van der Waals surface area contributed by atoms with Crippen LogP contribution in [0.2, 0.25) is 0 Å². The van der Waals surface area contributed by atoms with E-state index in [2.05, 4.69) is 191 Å². The third-order valence-corrected chi connectivity index (χ3v) is 13.4. The van der Waals surface area contributed by atoms with Gasteiger partial charge in [0.1, 0.15) is 5.82 Å². The maximum atomic E-state index is 9.08. The van der Waals surface area contributed by atoms with Gasteiger partial charge in [-0.25, -0.2) is 4.98 Å². The Kier molecular flexibility index (Phi) is 15.1. The molecule has 0 aliphatic heterocycles. The van der Waals surface area contributed by atoms with Crippen LogP contribution in [0.5, 0.6) is 11.5 Å². The molecule has 0 amide bonds. The fourth-order valence-electron chi connectivity index (χ4n) is 10.8. The predicted molar refractivity (Wildman–Crippen MR) is 308 cm³/mol. The zero-order valence-electron chi connectivity index (χ0n) is 47.6. The molecule has 0 unspecified atom stereocenters. The van der Waals surface area contributed by atoms with Crippen LogP contribution in [0.3, 0.4) is 0 Å². The molecule has 10 aromatic rings. The molecule has 386 valence electrons. The van der Waals surface area contributed by atoms with Crippen LogP contribution in [0.25, 0.3) is 72.3 Å². The summed E-state index contributed by atoms with van der Waals surface area (Å²) < 4.78 is 31.3. The summed E-state index contributed by atoms with van der Waals surface area (Å²) in [5, 5.41) is 2.04. The first-order valence-corrected chi connectivity index (χ1v) is 26.8. The van der Waals surface area contributed by atoms with Gasteiger partial charge in [-0.05, 0) is 140 Å². The average molecular weight is 1170 g/mol. The average Bonchev–Trinajstić information content (AvgIpc) is 4.07. The number of fused-ring (bicyclic) bond motifs is 4. The van der Waals surface area contributed by atoms with Crippen molar-refractivity contribution in [2.45, 2.75) is 108 Å². The van der Waals surface area contributed by atoms with E-state index in [0.29, 0.717) is 46.6 Å². The number of hydrogen-bond donors (Lipinski definition) is 0. The standard InChI is InChI=1S/C69H72N4O.Pt/c1-45(2)30-50-34-51(31-46(3)4)37-54(36-50)59-21-17-22-60(55-38-52(32-47(5)6)35-53(39-55)33-48(7)8)68(59)72-44-71(64-24-14-15-25-65(64)72)56-18-16-19-57(41-56)74-58-26-27-62-61-20-12-13-23-63(61)73(66(62)42-58)67-40-49(28-29-70-67)43-69(9,10)11;/h12-29,34-40,45-48H,30-33,43H2,1-11H3;/q-2;/i43D2;. The molecule has 0 fully saturated rings. The van der Waals surface area contributed by atoms with E-state index >= 15 is 0 Å². The molecule has 5 nitrogen and oxygen atoms in total. The third-order valence-electron chi connectivity index (χ3n) is 13.4. The van der Waals surface area contributed by atoms with Gasteiger partial charge in [0.05, 0.1) is 16.7 Å². The van der Waals surface area contributed by atoms with Crippen molar-refractivity contribution in [2.24, 2.45) is 29.1 Å². The molecule has 0 spiro atoms. The monoisotopic (exact) mass is 1170 g/mol. The molecule has 6 heteroatoms. The number of pyridine rings is 1. The minimum absolute atomic E-state index is 0. The minimum atomic E-state index is -1.59. The summed E-state index contributed by atoms with van der Waals surface area (Å²) in [5.74, 6) is 3.76. The van der Waals surface area contributed by atoms with E-state index in [1.807, 2.05) is 57.2 Å². The first-order chi connectivity index (χ1) is 36.3. The summed E-state index contributed by atoms with van der Waals surface area (Å²) in [4.78, 5) is 4.81. The van der Waals surface area contributed by atoms with E-state index in [0.717, 1.165) is 81.0 Å². The van der Waals surface area contributed by atoms with Crippen molar-refractivity contribution in [3.63, 3.8) is 0 Å². The predicted octanol–water partition coefficient (Wildman–Crippen LogP) is 17.3. The van der Waals surface area contributed by atoms with Gasteiger partial charge < -0.3 is 13.9 Å². The molecule has 0 saturated carbocycles. The van der Waals surface area contributed by atoms with Crippen LogP contribution in [0, 0.1) is 47.5 Å². The van der Waals surface area contributed by atoms with Gasteiger partial charge in [-0.2, -0.15) is 18.2 Å². The quantitative estimate of drug-likeness (QED) is 0.0714. The Labute approximate surface area is 463 Å². The Hall–Kier alpha value is -6.55. The van der Waals surface area contributed by atoms with Gasteiger partial charge in [-0.3, -0.25) is 4.57 Å². The summed E-state index contributed by atoms with van der Waals surface area (Å²) in [6, 6.07) is 59.1. The Bertz CT molecular complexity index is 3600. The number of nitrogens with zero attached hydrogens (tertiary/aromatic N) is 4. The van der Waals surface area contributed by atoms with Gasteiger partial charge in [-0.1, -0.05) is 179 Å². The maximum absolute atomic E-state index is 9.08. The van der Waals surface area contributed by atoms with Crippen molar-refractivity contribution in [2.75, 3.05) is 0 Å². The Morgan fingerprint density at radius 2 is 1.11 bits per heavy atom. The van der Waals surface area contributed by atoms with Crippen molar-refractivity contribution >= 4 is 32.8 Å². The molecule has 3 aromatic heterocycles. The number of benzene rings is 7. The number of imidazole rings is 1. The van der Waals surface area contributed by atoms with Gasteiger partial charge in [0.25, 0.3) is 6.33 Å². The Morgan fingerprint density at radius 1 is 0.560 bits per heavy atom. The van der Waals surface area contributed by atoms with Crippen molar-refractivity contribution in [3.05, 3.63) is 198 Å². The number of aromatic nitrogens is 4. The first kappa shape index (κ1) is 50.6. The molecule has 0 N–H and O–H groups in total. The van der Waals surface area contributed by atoms with E-state index < -0.39 is 11.8 Å². The van der Waals surface area contributed by atoms with Crippen molar-refractivity contribution < 1.29 is 33.1 Å². The van der Waals surface area contributed by atoms with Crippen LogP contribution in [0.1, 0.15) is 107 Å². The summed E-state index contributed by atoms with van der Waals surface area (Å²) in [5.41, 5.74) is 15.8. The molecule has 0 aliphatic carbocycles. The number of hydrogen-bond acceptors (Lipinski definition) is 2. The van der Waals surface area contributed by atoms with Gasteiger partial charge >= 0.3 is 0 Å². The van der Waals surface area contributed by atoms with E-state index in [9.17, 15) is 0 Å². The molecule has 0 radical (unpaired) electrons. The van der Waals surface area contributed by atoms with Crippen LogP contribution in [-0.2, 0) is 53.1 Å². The van der Waals surface area contributed by atoms with Crippen molar-refractivity contribution in [3.8, 4) is 50.9 Å². The molecule has 75 heavy (non-hydrogen) atoms. The minimum Gasteiger partial charge on any atom is -0.510 e. The Balaban J connectivity index is 0.00000722. The molecular weight excluding hydrogens is 1100 g/mol. The molecule has 3 heterocycles. The van der Waals surface area contributed by atoms with Crippen LogP contribution in [0.4, 0.5) is 0 Å². The van der Waals surface area contributed by atoms with Gasteiger partial charge in [0.15, 0.2) is 0 Å². The molecule has 0 saturated heterocycles. The van der Waals surface area contributed by atoms with Gasteiger partial charge in [0.2, 0.25) is 0 Å². The van der Waals surface area contributed by atoms with Gasteiger partial charge in [-0.15, -0.1) is 29.7 Å². The third kappa shape index (κ3) is 12.0. The molecular formula is C69H72N4OPt-2. The van der Waals surface area contributed by atoms with E-state index in [-0.39, 0.29) is 21.1 Å². The Morgan fingerprint density at radius 3 is 1.69 bits per heavy atom.